The molecule has 0 spiro atoms. The van der Waals surface area contributed by atoms with E-state index in [1.807, 2.05) is 52.8 Å². The second-order valence-corrected chi connectivity index (χ2v) is 23.5. The quantitative estimate of drug-likeness (QED) is 0.0304. The molecule has 2 fully saturated rings. The number of carbonyl (C=O) groups excluding carboxylic acids is 9. The Labute approximate surface area is 494 Å². The number of ether oxygens (including phenoxy) is 4. The lowest BCUT2D eigenvalue weighted by Crippen LogP contribution is -2.53. The van der Waals surface area contributed by atoms with Crippen molar-refractivity contribution in [1.82, 2.24) is 20.5 Å². The van der Waals surface area contributed by atoms with Gasteiger partial charge in [0, 0.05) is 87.3 Å². The van der Waals surface area contributed by atoms with Gasteiger partial charge in [0.15, 0.2) is 5.78 Å². The molecule has 452 valence electrons. The van der Waals surface area contributed by atoms with Gasteiger partial charge in [-0.2, -0.15) is 0 Å². The number of aromatic nitrogens is 1. The first-order valence-corrected chi connectivity index (χ1v) is 29.0. The number of hydrogen-bond acceptors (Lipinski definition) is 15. The molecule has 4 aliphatic heterocycles. The number of urea groups is 1. The number of imide groups is 1. The number of amides is 7. The number of anilines is 2. The van der Waals surface area contributed by atoms with Crippen molar-refractivity contribution >= 4 is 87.2 Å². The van der Waals surface area contributed by atoms with Gasteiger partial charge < -0.3 is 45.3 Å². The first-order chi connectivity index (χ1) is 39.8. The van der Waals surface area contributed by atoms with Crippen molar-refractivity contribution in [2.24, 2.45) is 23.5 Å². The number of epoxide rings is 1. The van der Waals surface area contributed by atoms with Crippen LogP contribution in [0.5, 0.6) is 0 Å². The van der Waals surface area contributed by atoms with Crippen LogP contribution in [0.4, 0.5) is 21.0 Å². The van der Waals surface area contributed by atoms with Crippen LogP contribution in [0.1, 0.15) is 116 Å². The highest BCUT2D eigenvalue weighted by Crippen LogP contribution is 2.50. The zero-order chi connectivity index (χ0) is 61.2. The number of pyridine rings is 1. The van der Waals surface area contributed by atoms with Crippen molar-refractivity contribution in [1.29, 1.82) is 0 Å². The normalized spacial score (nSPS) is 25.3. The summed E-state index contributed by atoms with van der Waals surface area (Å²) in [5.41, 5.74) is 6.64. The van der Waals surface area contributed by atoms with E-state index in [1.165, 1.54) is 24.2 Å². The number of aliphatic hydroxyl groups is 1. The number of ketones is 2. The molecule has 0 saturated carbocycles. The number of benzene rings is 2. The van der Waals surface area contributed by atoms with E-state index in [0.717, 1.165) is 21.6 Å². The molecule has 22 heteroatoms. The SMILES string of the molecule is CO[C@@H]1/C=C/C=C(\C)Cc2cc(C)c(Cl)c(c2)N(C)C(=O)C[C@H](OC(=O)Nc2ccc3nc(CC(=O)[C@H](CCCNC(N)=O)NC(=O)[C@@H](CC(=O)CCCCCN4C(=O)C=CC4=O)C(C)C)ccc3c2)[C@]2(C)O[C@H]2[C@H](C)[C@@H]2C[C@@]1(O)CC(=O)O2. The van der Waals surface area contributed by atoms with Gasteiger partial charge >= 0.3 is 18.1 Å². The molecule has 0 unspecified atom stereocenters. The predicted octanol–water partition coefficient (Wildman–Crippen LogP) is 7.23. The summed E-state index contributed by atoms with van der Waals surface area (Å²) < 4.78 is 24.1. The average molecular weight is 1180 g/mol. The number of unbranched alkanes of at least 4 members (excludes halogenated alkanes) is 2. The molecule has 2 saturated heterocycles. The molecule has 0 aliphatic carbocycles. The van der Waals surface area contributed by atoms with E-state index in [9.17, 15) is 48.3 Å². The molecule has 5 heterocycles. The minimum absolute atomic E-state index is 0.0208. The molecule has 4 bridgehead atoms. The largest absolute Gasteiger partial charge is 0.462 e. The van der Waals surface area contributed by atoms with Crippen LogP contribution in [0.3, 0.4) is 0 Å². The monoisotopic (exact) mass is 1180 g/mol. The van der Waals surface area contributed by atoms with E-state index >= 15 is 0 Å². The van der Waals surface area contributed by atoms with Gasteiger partial charge in [-0.25, -0.2) is 9.59 Å². The van der Waals surface area contributed by atoms with Crippen LogP contribution in [-0.2, 0) is 65.4 Å². The third-order valence-corrected chi connectivity index (χ3v) is 16.8. The van der Waals surface area contributed by atoms with Crippen LogP contribution < -0.4 is 26.6 Å². The van der Waals surface area contributed by atoms with Crippen LogP contribution in [0.15, 0.2) is 78.4 Å². The Morgan fingerprint density at radius 1 is 0.988 bits per heavy atom. The number of nitrogens with zero attached hydrogens (tertiary/aromatic N) is 3. The van der Waals surface area contributed by atoms with Crippen LogP contribution in [-0.4, -0.2) is 137 Å². The molecule has 21 nitrogen and oxygen atoms in total. The number of carbonyl (C=O) groups is 9. The molecule has 7 amide bonds. The van der Waals surface area contributed by atoms with E-state index in [-0.39, 0.29) is 87.3 Å². The summed E-state index contributed by atoms with van der Waals surface area (Å²) in [5.74, 6) is -4.23. The number of fused-ring (bicyclic) bond motifs is 6. The second kappa shape index (κ2) is 28.0. The number of nitrogens with one attached hydrogen (secondary N) is 3. The summed E-state index contributed by atoms with van der Waals surface area (Å²) in [6.45, 7) is 11.4. The lowest BCUT2D eigenvalue weighted by atomic mass is 9.78. The van der Waals surface area contributed by atoms with Gasteiger partial charge in [0.05, 0.1) is 47.6 Å². The van der Waals surface area contributed by atoms with Gasteiger partial charge in [0.1, 0.15) is 35.3 Å². The molecule has 6 N–H and O–H groups in total. The first kappa shape index (κ1) is 64.2. The minimum Gasteiger partial charge on any atom is -0.462 e. The zero-order valence-corrected chi connectivity index (χ0v) is 49.8. The van der Waals surface area contributed by atoms with Gasteiger partial charge in [-0.05, 0) is 100 Å². The maximum atomic E-state index is 14.4. The van der Waals surface area contributed by atoms with Gasteiger partial charge in [-0.15, -0.1) is 0 Å². The zero-order valence-electron chi connectivity index (χ0n) is 49.0. The number of allylic oxidation sites excluding steroid dienone is 3. The molecule has 84 heavy (non-hydrogen) atoms. The number of rotatable bonds is 21. The lowest BCUT2D eigenvalue weighted by Gasteiger charge is -2.41. The van der Waals surface area contributed by atoms with Crippen molar-refractivity contribution in [3.8, 4) is 0 Å². The number of aryl methyl sites for hydroxylation is 1. The predicted molar refractivity (Wildman–Crippen MR) is 313 cm³/mol. The number of primary amides is 1. The van der Waals surface area contributed by atoms with E-state index in [0.29, 0.717) is 65.1 Å². The Kier molecular flexibility index (Phi) is 21.4. The van der Waals surface area contributed by atoms with Crippen molar-refractivity contribution in [3.05, 3.63) is 100 Å². The maximum Gasteiger partial charge on any atom is 0.412 e. The van der Waals surface area contributed by atoms with E-state index < -0.39 is 83.4 Å². The molecule has 2 aromatic carbocycles. The first-order valence-electron chi connectivity index (χ1n) is 28.6. The summed E-state index contributed by atoms with van der Waals surface area (Å²) in [7, 11) is 3.06. The summed E-state index contributed by atoms with van der Waals surface area (Å²) in [6.07, 6.45) is 5.37. The highest BCUT2D eigenvalue weighted by molar-refractivity contribution is 6.34. The minimum atomic E-state index is -1.62. The van der Waals surface area contributed by atoms with Crippen molar-refractivity contribution < 1.29 is 67.2 Å². The molecule has 9 atom stereocenters. The summed E-state index contributed by atoms with van der Waals surface area (Å²) in [6, 6.07) is 10.3. The lowest BCUT2D eigenvalue weighted by molar-refractivity contribution is -0.187. The highest BCUT2D eigenvalue weighted by atomic mass is 35.5. The van der Waals surface area contributed by atoms with Crippen LogP contribution in [0.25, 0.3) is 10.9 Å². The standard InChI is InChI=1S/C62H78ClN7O14/c1-35(2)44(31-43(71)15-10-9-11-25-70-52(73)22-23-53(70)74)58(77)68-46(16-13-24-65-59(64)78)48(72)30-42-19-18-40-29-41(20-21-45(40)66-42)67-60(79)83-51-32-54(75)69(7)47-28-39(27-37(4)56(47)63)26-36(3)14-12-17-50(81-8)62(80)33-49(82-55(76)34-62)38(5)57-61(51,6)84-57/h12,14,17-23,27-29,35,38,44,46,49-51,57,80H,9-11,13,15-16,24-26,30-34H2,1-8H3,(H,67,79)(H,68,77)(H3,64,65,78)/b17-12+,36-14+/t38-,44+,46+,49+,50-,51+,57+,61+,62-/m1/s1. The third-order valence-electron chi connectivity index (χ3n) is 16.3. The Morgan fingerprint density at radius 3 is 2.43 bits per heavy atom. The Morgan fingerprint density at radius 2 is 1.73 bits per heavy atom. The van der Waals surface area contributed by atoms with Crippen LogP contribution >= 0.6 is 11.6 Å². The summed E-state index contributed by atoms with van der Waals surface area (Å²) in [4.78, 5) is 125. The van der Waals surface area contributed by atoms with Gasteiger partial charge in [-0.1, -0.05) is 74.7 Å². The van der Waals surface area contributed by atoms with E-state index in [4.69, 9.17) is 41.3 Å². The summed E-state index contributed by atoms with van der Waals surface area (Å²) >= 11 is 6.86. The van der Waals surface area contributed by atoms with Crippen molar-refractivity contribution in [2.45, 2.75) is 160 Å². The molecule has 3 aromatic rings. The maximum absolute atomic E-state index is 14.4. The molecular formula is C62H78ClN7O14. The topological polar surface area (TPSA) is 296 Å². The van der Waals surface area contributed by atoms with Crippen molar-refractivity contribution in [2.75, 3.05) is 37.5 Å². The van der Waals surface area contributed by atoms with Gasteiger partial charge in [0.2, 0.25) is 11.8 Å². The molecule has 7 rings (SSSR count). The number of methoxy groups -OCH3 is 1. The van der Waals surface area contributed by atoms with Gasteiger partial charge in [-0.3, -0.25) is 48.8 Å². The highest BCUT2D eigenvalue weighted by Gasteiger charge is 2.64. The van der Waals surface area contributed by atoms with E-state index in [2.05, 4.69) is 16.0 Å². The molecule has 0 radical (unpaired) electrons. The fourth-order valence-corrected chi connectivity index (χ4v) is 11.6. The van der Waals surface area contributed by atoms with E-state index in [1.54, 1.807) is 56.5 Å². The average Bonchev–Trinajstić information content (AvgIpc) is 1.72. The fraction of sp³-hybridized carbons (Fsp3) is 0.516. The number of Topliss-reactive ketones (excluding diaryl/α,β-unsaturated/α-hetero) is 2. The summed E-state index contributed by atoms with van der Waals surface area (Å²) in [5, 5.41) is 21.1. The number of hydrogen-bond donors (Lipinski definition) is 5. The fourth-order valence-electron chi connectivity index (χ4n) is 11.3. The third kappa shape index (κ3) is 16.3. The Bertz CT molecular complexity index is 3110. The van der Waals surface area contributed by atoms with Crippen LogP contribution in [0, 0.1) is 24.7 Å². The smallest absolute Gasteiger partial charge is 0.412 e. The number of nitrogens with two attached hydrogens (primary N) is 1. The number of esters is 1. The van der Waals surface area contributed by atoms with Crippen LogP contribution in [0.2, 0.25) is 5.02 Å². The molecular weight excluding hydrogens is 1100 g/mol. The number of halogens is 1. The van der Waals surface area contributed by atoms with Gasteiger partial charge in [0.25, 0.3) is 11.8 Å². The Hall–Kier alpha value is -7.33. The second-order valence-electron chi connectivity index (χ2n) is 23.2. The Balaban J connectivity index is 1.03. The molecule has 1 aromatic heterocycles. The van der Waals surface area contributed by atoms with Crippen molar-refractivity contribution in [3.63, 3.8) is 0 Å². The molecule has 4 aliphatic rings.